The summed E-state index contributed by atoms with van der Waals surface area (Å²) in [5.41, 5.74) is 7.64. The number of aryl methyl sites for hydroxylation is 1. The third-order valence-corrected chi connectivity index (χ3v) is 2.46. The van der Waals surface area contributed by atoms with E-state index in [9.17, 15) is 0 Å². The molecule has 5 heteroatoms. The summed E-state index contributed by atoms with van der Waals surface area (Å²) in [6.45, 7) is 4.82. The van der Waals surface area contributed by atoms with Crippen LogP contribution in [0.2, 0.25) is 0 Å². The van der Waals surface area contributed by atoms with E-state index < -0.39 is 0 Å². The zero-order valence-electron chi connectivity index (χ0n) is 10.1. The van der Waals surface area contributed by atoms with Crippen LogP contribution in [0.3, 0.4) is 0 Å². The summed E-state index contributed by atoms with van der Waals surface area (Å²) < 4.78 is 1.88. The number of nitrogens with zero attached hydrogens (tertiary/aromatic N) is 3. The van der Waals surface area contributed by atoms with E-state index in [1.807, 2.05) is 29.9 Å². The van der Waals surface area contributed by atoms with Crippen molar-refractivity contribution in [2.24, 2.45) is 0 Å². The highest BCUT2D eigenvalue weighted by Crippen LogP contribution is 2.16. The van der Waals surface area contributed by atoms with Gasteiger partial charge in [-0.25, -0.2) is 4.98 Å². The molecule has 1 unspecified atom stereocenters. The Morgan fingerprint density at radius 1 is 1.53 bits per heavy atom. The van der Waals surface area contributed by atoms with Crippen LogP contribution >= 0.6 is 0 Å². The Morgan fingerprint density at radius 2 is 2.35 bits per heavy atom. The number of aromatic nitrogens is 3. The molecule has 0 aliphatic carbocycles. The van der Waals surface area contributed by atoms with Gasteiger partial charge < -0.3 is 11.1 Å². The largest absolute Gasteiger partial charge is 0.396 e. The quantitative estimate of drug-likeness (QED) is 0.839. The van der Waals surface area contributed by atoms with Crippen molar-refractivity contribution in [2.75, 3.05) is 11.1 Å². The second kappa shape index (κ2) is 4.86. The molecular formula is C12H17N5. The van der Waals surface area contributed by atoms with Crippen LogP contribution < -0.4 is 11.1 Å². The van der Waals surface area contributed by atoms with Gasteiger partial charge in [0.05, 0.1) is 12.2 Å². The zero-order chi connectivity index (χ0) is 12.3. The Labute approximate surface area is 101 Å². The number of nitrogens with one attached hydrogen (secondary N) is 1. The first kappa shape index (κ1) is 11.4. The van der Waals surface area contributed by atoms with Crippen LogP contribution in [0.4, 0.5) is 11.5 Å². The van der Waals surface area contributed by atoms with Gasteiger partial charge >= 0.3 is 0 Å². The van der Waals surface area contributed by atoms with E-state index in [-0.39, 0.29) is 6.04 Å². The van der Waals surface area contributed by atoms with Crippen molar-refractivity contribution in [3.63, 3.8) is 0 Å². The molecule has 0 fully saturated rings. The molecule has 2 aromatic rings. The summed E-state index contributed by atoms with van der Waals surface area (Å²) in [4.78, 5) is 4.28. The molecule has 0 bridgehead atoms. The molecule has 17 heavy (non-hydrogen) atoms. The topological polar surface area (TPSA) is 68.8 Å². The Bertz CT molecular complexity index is 478. The number of hydrogen-bond donors (Lipinski definition) is 2. The lowest BCUT2D eigenvalue weighted by atomic mass is 10.2. The maximum atomic E-state index is 5.90. The minimum absolute atomic E-state index is 0.215. The van der Waals surface area contributed by atoms with Crippen molar-refractivity contribution >= 4 is 11.5 Å². The second-order valence-corrected chi connectivity index (χ2v) is 4.22. The van der Waals surface area contributed by atoms with Crippen molar-refractivity contribution in [2.45, 2.75) is 26.4 Å². The van der Waals surface area contributed by atoms with Crippen LogP contribution in [0.25, 0.3) is 0 Å². The Balaban J connectivity index is 2.00. The van der Waals surface area contributed by atoms with Gasteiger partial charge in [0.2, 0.25) is 0 Å². The highest BCUT2D eigenvalue weighted by Gasteiger charge is 2.06. The number of nitrogens with two attached hydrogens (primary N) is 1. The molecule has 0 spiro atoms. The lowest BCUT2D eigenvalue weighted by molar-refractivity contribution is 0.560. The molecule has 2 rings (SSSR count). The predicted molar refractivity (Wildman–Crippen MR) is 68.7 cm³/mol. The fourth-order valence-electron chi connectivity index (χ4n) is 1.68. The monoisotopic (exact) mass is 231 g/mol. The molecule has 0 amide bonds. The average molecular weight is 231 g/mol. The smallest absolute Gasteiger partial charge is 0.149 e. The molecule has 0 saturated heterocycles. The van der Waals surface area contributed by atoms with E-state index in [1.54, 1.807) is 12.4 Å². The molecule has 0 aromatic carbocycles. The molecule has 2 aromatic heterocycles. The van der Waals surface area contributed by atoms with Crippen LogP contribution in [0.5, 0.6) is 0 Å². The summed E-state index contributed by atoms with van der Waals surface area (Å²) in [6.07, 6.45) is 5.51. The molecule has 0 aliphatic heterocycles. The molecule has 5 nitrogen and oxygen atoms in total. The predicted octanol–water partition coefficient (Wildman–Crippen LogP) is 1.67. The first-order chi connectivity index (χ1) is 8.15. The van der Waals surface area contributed by atoms with Gasteiger partial charge in [0.25, 0.3) is 0 Å². The third kappa shape index (κ3) is 2.96. The first-order valence-electron chi connectivity index (χ1n) is 5.61. The minimum atomic E-state index is 0.215. The maximum absolute atomic E-state index is 5.90. The van der Waals surface area contributed by atoms with Crippen LogP contribution in [0, 0.1) is 6.92 Å². The standard InChI is InChI=1S/C12H17N5/c1-9-6-11(13)12(14-7-9)16-10(2)8-17-5-3-4-15-17/h3-7,10H,8,13H2,1-2H3,(H,14,16). The molecule has 1 atom stereocenters. The molecular weight excluding hydrogens is 214 g/mol. The van der Waals surface area contributed by atoms with Gasteiger partial charge in [0.15, 0.2) is 0 Å². The molecule has 0 aliphatic rings. The Kier molecular flexibility index (Phi) is 3.27. The van der Waals surface area contributed by atoms with Gasteiger partial charge in [-0.2, -0.15) is 5.10 Å². The third-order valence-electron chi connectivity index (χ3n) is 2.46. The number of rotatable bonds is 4. The first-order valence-corrected chi connectivity index (χ1v) is 5.61. The van der Waals surface area contributed by atoms with Gasteiger partial charge in [0, 0.05) is 24.6 Å². The van der Waals surface area contributed by atoms with Crippen LogP contribution in [0.1, 0.15) is 12.5 Å². The van der Waals surface area contributed by atoms with Gasteiger partial charge in [-0.3, -0.25) is 4.68 Å². The highest BCUT2D eigenvalue weighted by molar-refractivity contribution is 5.61. The maximum Gasteiger partial charge on any atom is 0.149 e. The number of nitrogen functional groups attached to an aromatic ring is 1. The van der Waals surface area contributed by atoms with Crippen molar-refractivity contribution in [1.29, 1.82) is 0 Å². The van der Waals surface area contributed by atoms with Gasteiger partial charge in [-0.15, -0.1) is 0 Å². The Hall–Kier alpha value is -2.04. The van der Waals surface area contributed by atoms with E-state index in [4.69, 9.17) is 5.73 Å². The van der Waals surface area contributed by atoms with E-state index in [2.05, 4.69) is 22.3 Å². The second-order valence-electron chi connectivity index (χ2n) is 4.22. The molecule has 90 valence electrons. The molecule has 2 heterocycles. The lowest BCUT2D eigenvalue weighted by Crippen LogP contribution is -2.23. The van der Waals surface area contributed by atoms with E-state index >= 15 is 0 Å². The highest BCUT2D eigenvalue weighted by atomic mass is 15.3. The van der Waals surface area contributed by atoms with Crippen molar-refractivity contribution in [3.8, 4) is 0 Å². The number of hydrogen-bond acceptors (Lipinski definition) is 4. The van der Waals surface area contributed by atoms with Gasteiger partial charge in [-0.1, -0.05) is 0 Å². The lowest BCUT2D eigenvalue weighted by Gasteiger charge is -2.16. The van der Waals surface area contributed by atoms with E-state index in [0.29, 0.717) is 5.69 Å². The Morgan fingerprint density at radius 3 is 3.00 bits per heavy atom. The summed E-state index contributed by atoms with van der Waals surface area (Å²) in [5, 5.41) is 7.44. The number of pyridine rings is 1. The summed E-state index contributed by atoms with van der Waals surface area (Å²) in [5.74, 6) is 0.732. The SMILES string of the molecule is Cc1cnc(NC(C)Cn2cccn2)c(N)c1. The molecule has 0 saturated carbocycles. The zero-order valence-corrected chi connectivity index (χ0v) is 10.1. The van der Waals surface area contributed by atoms with Gasteiger partial charge in [0.1, 0.15) is 5.82 Å². The van der Waals surface area contributed by atoms with E-state index in [0.717, 1.165) is 17.9 Å². The average Bonchev–Trinajstić information content (AvgIpc) is 2.75. The van der Waals surface area contributed by atoms with Gasteiger partial charge in [-0.05, 0) is 31.5 Å². The fourth-order valence-corrected chi connectivity index (χ4v) is 1.68. The van der Waals surface area contributed by atoms with Crippen LogP contribution in [-0.2, 0) is 6.54 Å². The molecule has 0 radical (unpaired) electrons. The normalized spacial score (nSPS) is 12.4. The van der Waals surface area contributed by atoms with Crippen molar-refractivity contribution < 1.29 is 0 Å². The summed E-state index contributed by atoms with van der Waals surface area (Å²) in [6, 6.07) is 4.04. The van der Waals surface area contributed by atoms with Crippen molar-refractivity contribution in [1.82, 2.24) is 14.8 Å². The minimum Gasteiger partial charge on any atom is -0.396 e. The number of anilines is 2. The fraction of sp³-hybridized carbons (Fsp3) is 0.333. The van der Waals surface area contributed by atoms with Crippen molar-refractivity contribution in [3.05, 3.63) is 36.3 Å². The summed E-state index contributed by atoms with van der Waals surface area (Å²) in [7, 11) is 0. The molecule has 3 N–H and O–H groups in total. The summed E-state index contributed by atoms with van der Waals surface area (Å²) >= 11 is 0. The van der Waals surface area contributed by atoms with Crippen LogP contribution in [0.15, 0.2) is 30.7 Å². The van der Waals surface area contributed by atoms with E-state index in [1.165, 1.54) is 0 Å². The van der Waals surface area contributed by atoms with Crippen LogP contribution in [-0.4, -0.2) is 20.8 Å².